The Morgan fingerprint density at radius 1 is 1.71 bits per heavy atom. The van der Waals surface area contributed by atoms with E-state index in [4.69, 9.17) is 5.26 Å². The zero-order valence-corrected chi connectivity index (χ0v) is 7.72. The molecule has 14 heavy (non-hydrogen) atoms. The number of β-amino-alcohol motifs (C(OH)–C–C–N with tert-alkyl or cyclic N) is 1. The first-order valence-corrected chi connectivity index (χ1v) is 4.63. The second kappa shape index (κ2) is 3.68. The number of aromatic amines is 1. The van der Waals surface area contributed by atoms with E-state index in [1.165, 1.54) is 0 Å². The molecule has 0 radical (unpaired) electrons. The third-order valence-electron chi connectivity index (χ3n) is 2.57. The summed E-state index contributed by atoms with van der Waals surface area (Å²) in [7, 11) is 0. The maximum absolute atomic E-state index is 9.64. The normalized spacial score (nSPS) is 27.3. The van der Waals surface area contributed by atoms with Crippen molar-refractivity contribution in [2.24, 2.45) is 5.92 Å². The van der Waals surface area contributed by atoms with Crippen LogP contribution in [-0.4, -0.2) is 34.5 Å². The Morgan fingerprint density at radius 3 is 3.14 bits per heavy atom. The molecule has 2 heterocycles. The fourth-order valence-electron chi connectivity index (χ4n) is 1.73. The number of rotatable bonds is 1. The SMILES string of the molecule is N#CC1CCN(c2ccn[nH]2)C[C@@H]1O. The molecule has 2 rings (SSSR count). The molecule has 0 aromatic carbocycles. The summed E-state index contributed by atoms with van der Waals surface area (Å²) in [5.74, 6) is 0.676. The Kier molecular flexibility index (Phi) is 2.37. The van der Waals surface area contributed by atoms with Crippen LogP contribution in [0.3, 0.4) is 0 Å². The third kappa shape index (κ3) is 1.56. The molecule has 5 heteroatoms. The van der Waals surface area contributed by atoms with Gasteiger partial charge in [-0.05, 0) is 6.42 Å². The second-order valence-corrected chi connectivity index (χ2v) is 3.48. The largest absolute Gasteiger partial charge is 0.390 e. The number of hydrogen-bond donors (Lipinski definition) is 2. The average Bonchev–Trinajstić information content (AvgIpc) is 2.70. The number of aliphatic hydroxyl groups excluding tert-OH is 1. The highest BCUT2D eigenvalue weighted by atomic mass is 16.3. The molecule has 1 aromatic heterocycles. The molecule has 1 unspecified atom stereocenters. The fourth-order valence-corrected chi connectivity index (χ4v) is 1.73. The van der Waals surface area contributed by atoms with E-state index in [9.17, 15) is 5.11 Å². The fraction of sp³-hybridized carbons (Fsp3) is 0.556. The van der Waals surface area contributed by atoms with Crippen molar-refractivity contribution in [3.63, 3.8) is 0 Å². The Hall–Kier alpha value is -1.54. The molecule has 2 atom stereocenters. The molecule has 1 aromatic rings. The first-order valence-electron chi connectivity index (χ1n) is 4.63. The summed E-state index contributed by atoms with van der Waals surface area (Å²) in [6, 6.07) is 3.98. The number of nitrogens with one attached hydrogen (secondary N) is 1. The van der Waals surface area contributed by atoms with Gasteiger partial charge in [0.15, 0.2) is 0 Å². The van der Waals surface area contributed by atoms with Crippen molar-refractivity contribution in [3.8, 4) is 6.07 Å². The Morgan fingerprint density at radius 2 is 2.57 bits per heavy atom. The number of piperidine rings is 1. The van der Waals surface area contributed by atoms with Gasteiger partial charge in [-0.25, -0.2) is 0 Å². The summed E-state index contributed by atoms with van der Waals surface area (Å²) in [6.45, 7) is 1.29. The lowest BCUT2D eigenvalue weighted by Crippen LogP contribution is -2.43. The quantitative estimate of drug-likeness (QED) is 0.662. The summed E-state index contributed by atoms with van der Waals surface area (Å²) in [5.41, 5.74) is 0. The second-order valence-electron chi connectivity index (χ2n) is 3.48. The number of anilines is 1. The monoisotopic (exact) mass is 192 g/mol. The minimum Gasteiger partial charge on any atom is -0.390 e. The van der Waals surface area contributed by atoms with E-state index in [2.05, 4.69) is 16.3 Å². The highest BCUT2D eigenvalue weighted by Gasteiger charge is 2.27. The molecule has 0 spiro atoms. The molecule has 1 fully saturated rings. The van der Waals surface area contributed by atoms with Gasteiger partial charge in [0.05, 0.1) is 24.3 Å². The van der Waals surface area contributed by atoms with E-state index in [1.807, 2.05) is 11.0 Å². The minimum atomic E-state index is -0.558. The summed E-state index contributed by atoms with van der Waals surface area (Å²) < 4.78 is 0. The lowest BCUT2D eigenvalue weighted by Gasteiger charge is -2.33. The minimum absolute atomic E-state index is 0.228. The summed E-state index contributed by atoms with van der Waals surface area (Å²) in [6.07, 6.45) is 1.83. The van der Waals surface area contributed by atoms with E-state index >= 15 is 0 Å². The lowest BCUT2D eigenvalue weighted by molar-refractivity contribution is 0.120. The van der Waals surface area contributed by atoms with E-state index in [0.717, 1.165) is 12.4 Å². The van der Waals surface area contributed by atoms with Crippen LogP contribution in [-0.2, 0) is 0 Å². The molecule has 74 valence electrons. The average molecular weight is 192 g/mol. The maximum Gasteiger partial charge on any atom is 0.124 e. The van der Waals surface area contributed by atoms with E-state index in [-0.39, 0.29) is 5.92 Å². The van der Waals surface area contributed by atoms with Crippen LogP contribution in [0.2, 0.25) is 0 Å². The standard InChI is InChI=1S/C9H12N4O/c10-5-7-2-4-13(6-8(7)14)9-1-3-11-12-9/h1,3,7-8,14H,2,4,6H2,(H,11,12)/t7?,8-/m0/s1. The van der Waals surface area contributed by atoms with Crippen molar-refractivity contribution in [1.29, 1.82) is 5.26 Å². The van der Waals surface area contributed by atoms with Gasteiger partial charge in [0.2, 0.25) is 0 Å². The molecule has 2 N–H and O–H groups in total. The number of aromatic nitrogens is 2. The highest BCUT2D eigenvalue weighted by molar-refractivity contribution is 5.37. The zero-order chi connectivity index (χ0) is 9.97. The number of hydrogen-bond acceptors (Lipinski definition) is 4. The first-order chi connectivity index (χ1) is 6.81. The highest BCUT2D eigenvalue weighted by Crippen LogP contribution is 2.20. The molecule has 0 aliphatic carbocycles. The molecule has 1 aliphatic heterocycles. The van der Waals surface area contributed by atoms with Crippen LogP contribution in [0.15, 0.2) is 12.3 Å². The van der Waals surface area contributed by atoms with Gasteiger partial charge in [-0.1, -0.05) is 0 Å². The van der Waals surface area contributed by atoms with Gasteiger partial charge in [-0.15, -0.1) is 0 Å². The number of H-pyrrole nitrogens is 1. The molecule has 5 nitrogen and oxygen atoms in total. The van der Waals surface area contributed by atoms with Gasteiger partial charge in [0.25, 0.3) is 0 Å². The smallest absolute Gasteiger partial charge is 0.124 e. The Labute approximate surface area is 82.0 Å². The van der Waals surface area contributed by atoms with Gasteiger partial charge in [-0.2, -0.15) is 10.4 Å². The number of nitriles is 1. The molecule has 1 saturated heterocycles. The third-order valence-corrected chi connectivity index (χ3v) is 2.57. The van der Waals surface area contributed by atoms with Crippen LogP contribution in [0.25, 0.3) is 0 Å². The molecule has 0 amide bonds. The Balaban J connectivity index is 2.04. The van der Waals surface area contributed by atoms with Crippen molar-refractivity contribution >= 4 is 5.82 Å². The van der Waals surface area contributed by atoms with Gasteiger partial charge >= 0.3 is 0 Å². The van der Waals surface area contributed by atoms with Crippen LogP contribution < -0.4 is 4.90 Å². The van der Waals surface area contributed by atoms with Gasteiger partial charge in [0, 0.05) is 19.2 Å². The van der Waals surface area contributed by atoms with Gasteiger partial charge in [-0.3, -0.25) is 5.10 Å². The number of nitrogens with zero attached hydrogens (tertiary/aromatic N) is 3. The Bertz CT molecular complexity index is 329. The first kappa shape index (κ1) is 9.03. The van der Waals surface area contributed by atoms with E-state index < -0.39 is 6.10 Å². The maximum atomic E-state index is 9.64. The molecule has 1 aliphatic rings. The molecular weight excluding hydrogens is 180 g/mol. The van der Waals surface area contributed by atoms with Crippen molar-refractivity contribution in [2.45, 2.75) is 12.5 Å². The topological polar surface area (TPSA) is 75.9 Å². The lowest BCUT2D eigenvalue weighted by atomic mass is 9.95. The van der Waals surface area contributed by atoms with Crippen LogP contribution in [0.1, 0.15) is 6.42 Å². The predicted molar refractivity (Wildman–Crippen MR) is 50.5 cm³/mol. The molecular formula is C9H12N4O. The molecule has 0 saturated carbocycles. The van der Waals surface area contributed by atoms with Crippen LogP contribution in [0.5, 0.6) is 0 Å². The van der Waals surface area contributed by atoms with Crippen LogP contribution in [0.4, 0.5) is 5.82 Å². The van der Waals surface area contributed by atoms with Gasteiger partial charge < -0.3 is 10.0 Å². The molecule has 0 bridgehead atoms. The zero-order valence-electron chi connectivity index (χ0n) is 7.72. The van der Waals surface area contributed by atoms with Crippen LogP contribution >= 0.6 is 0 Å². The summed E-state index contributed by atoms with van der Waals surface area (Å²) in [4.78, 5) is 2.01. The number of aliphatic hydroxyl groups is 1. The van der Waals surface area contributed by atoms with Crippen molar-refractivity contribution in [3.05, 3.63) is 12.3 Å². The van der Waals surface area contributed by atoms with Crippen molar-refractivity contribution in [1.82, 2.24) is 10.2 Å². The predicted octanol–water partition coefficient (Wildman–Crippen LogP) is 0.120. The van der Waals surface area contributed by atoms with Gasteiger partial charge in [0.1, 0.15) is 5.82 Å². The van der Waals surface area contributed by atoms with Crippen molar-refractivity contribution in [2.75, 3.05) is 18.0 Å². The van der Waals surface area contributed by atoms with E-state index in [1.54, 1.807) is 6.20 Å². The van der Waals surface area contributed by atoms with Crippen LogP contribution in [0, 0.1) is 17.2 Å². The summed E-state index contributed by atoms with van der Waals surface area (Å²) >= 11 is 0. The summed E-state index contributed by atoms with van der Waals surface area (Å²) in [5, 5.41) is 25.1. The van der Waals surface area contributed by atoms with Crippen molar-refractivity contribution < 1.29 is 5.11 Å². The van der Waals surface area contributed by atoms with E-state index in [0.29, 0.717) is 13.0 Å².